The van der Waals surface area contributed by atoms with Crippen LogP contribution < -0.4 is 5.32 Å². The molecule has 1 fully saturated rings. The van der Waals surface area contributed by atoms with Crippen molar-refractivity contribution in [1.82, 2.24) is 5.32 Å². The number of nitrogens with one attached hydrogen (secondary N) is 1. The van der Waals surface area contributed by atoms with E-state index in [2.05, 4.69) is 5.32 Å². The molecule has 0 aromatic rings. The van der Waals surface area contributed by atoms with Crippen LogP contribution in [0.1, 0.15) is 33.6 Å². The summed E-state index contributed by atoms with van der Waals surface area (Å²) < 4.78 is 5.53. The highest BCUT2D eigenvalue weighted by atomic mass is 16.5. The van der Waals surface area contributed by atoms with Crippen molar-refractivity contribution in [3.8, 4) is 0 Å². The summed E-state index contributed by atoms with van der Waals surface area (Å²) in [4.78, 5) is 0. The largest absolute Gasteiger partial charge is 0.391 e. The minimum absolute atomic E-state index is 0.144. The molecule has 1 saturated heterocycles. The lowest BCUT2D eigenvalue weighted by atomic mass is 10.0. The van der Waals surface area contributed by atoms with E-state index in [9.17, 15) is 5.11 Å². The Labute approximate surface area is 86.8 Å². The van der Waals surface area contributed by atoms with Crippen molar-refractivity contribution >= 4 is 0 Å². The summed E-state index contributed by atoms with van der Waals surface area (Å²) in [5, 5.41) is 13.0. The molecule has 1 aliphatic heterocycles. The van der Waals surface area contributed by atoms with Crippen LogP contribution in [0.3, 0.4) is 0 Å². The Morgan fingerprint density at radius 2 is 2.21 bits per heavy atom. The molecule has 14 heavy (non-hydrogen) atoms. The van der Waals surface area contributed by atoms with E-state index in [0.717, 1.165) is 19.5 Å². The van der Waals surface area contributed by atoms with Gasteiger partial charge in [-0.15, -0.1) is 0 Å². The van der Waals surface area contributed by atoms with Gasteiger partial charge in [0.25, 0.3) is 0 Å². The Hall–Kier alpha value is -0.120. The fourth-order valence-electron chi connectivity index (χ4n) is 1.71. The standard InChI is InChI=1S/C11H23NO2/c1-11(2,3)14-8-10(13)6-9-4-5-12-7-9/h9-10,12-13H,4-8H2,1-3H3. The second kappa shape index (κ2) is 5.10. The van der Waals surface area contributed by atoms with E-state index in [1.807, 2.05) is 20.8 Å². The van der Waals surface area contributed by atoms with Crippen LogP contribution in [0, 0.1) is 5.92 Å². The number of rotatable bonds is 4. The van der Waals surface area contributed by atoms with E-state index in [1.54, 1.807) is 0 Å². The first-order valence-corrected chi connectivity index (χ1v) is 5.50. The fourth-order valence-corrected chi connectivity index (χ4v) is 1.71. The van der Waals surface area contributed by atoms with Gasteiger partial charge in [-0.2, -0.15) is 0 Å². The third-order valence-electron chi connectivity index (χ3n) is 2.48. The third kappa shape index (κ3) is 4.94. The second-order valence-corrected chi connectivity index (χ2v) is 5.17. The fraction of sp³-hybridized carbons (Fsp3) is 1.00. The van der Waals surface area contributed by atoms with Gasteiger partial charge in [0.15, 0.2) is 0 Å². The van der Waals surface area contributed by atoms with Gasteiger partial charge in [0.05, 0.1) is 18.3 Å². The summed E-state index contributed by atoms with van der Waals surface area (Å²) >= 11 is 0. The van der Waals surface area contributed by atoms with Gasteiger partial charge in [0.1, 0.15) is 0 Å². The van der Waals surface area contributed by atoms with E-state index in [0.29, 0.717) is 12.5 Å². The van der Waals surface area contributed by atoms with Gasteiger partial charge >= 0.3 is 0 Å². The zero-order valence-corrected chi connectivity index (χ0v) is 9.55. The SMILES string of the molecule is CC(C)(C)OCC(O)CC1CCNC1. The Kier molecular flexibility index (Phi) is 4.35. The maximum atomic E-state index is 9.72. The lowest BCUT2D eigenvalue weighted by Gasteiger charge is -2.23. The first-order chi connectivity index (χ1) is 6.47. The van der Waals surface area contributed by atoms with Crippen molar-refractivity contribution in [3.05, 3.63) is 0 Å². The van der Waals surface area contributed by atoms with Gasteiger partial charge in [-0.1, -0.05) is 0 Å². The summed E-state index contributed by atoms with van der Waals surface area (Å²) in [6, 6.07) is 0. The van der Waals surface area contributed by atoms with Crippen LogP contribution >= 0.6 is 0 Å². The molecule has 0 spiro atoms. The van der Waals surface area contributed by atoms with Crippen molar-refractivity contribution < 1.29 is 9.84 Å². The van der Waals surface area contributed by atoms with Crippen LogP contribution in [0.15, 0.2) is 0 Å². The second-order valence-electron chi connectivity index (χ2n) is 5.17. The summed E-state index contributed by atoms with van der Waals surface area (Å²) in [5.74, 6) is 0.633. The van der Waals surface area contributed by atoms with Gasteiger partial charge in [-0.25, -0.2) is 0 Å². The molecular formula is C11H23NO2. The molecule has 1 aliphatic rings. The molecule has 3 nitrogen and oxygen atoms in total. The molecule has 0 aromatic heterocycles. The maximum Gasteiger partial charge on any atom is 0.0777 e. The van der Waals surface area contributed by atoms with Crippen LogP contribution in [0.4, 0.5) is 0 Å². The third-order valence-corrected chi connectivity index (χ3v) is 2.48. The van der Waals surface area contributed by atoms with Crippen molar-refractivity contribution in [2.75, 3.05) is 19.7 Å². The Balaban J connectivity index is 2.12. The van der Waals surface area contributed by atoms with Crippen LogP contribution in [-0.4, -0.2) is 36.5 Å². The lowest BCUT2D eigenvalue weighted by molar-refractivity contribution is -0.0535. The molecule has 0 saturated carbocycles. The van der Waals surface area contributed by atoms with Gasteiger partial charge in [-0.3, -0.25) is 0 Å². The predicted octanol–water partition coefficient (Wildman–Crippen LogP) is 1.16. The normalized spacial score (nSPS) is 25.3. The molecule has 1 heterocycles. The van der Waals surface area contributed by atoms with E-state index >= 15 is 0 Å². The van der Waals surface area contributed by atoms with Gasteiger partial charge in [-0.05, 0) is 52.6 Å². The quantitative estimate of drug-likeness (QED) is 0.717. The number of hydrogen-bond donors (Lipinski definition) is 2. The highest BCUT2D eigenvalue weighted by Crippen LogP contribution is 2.16. The van der Waals surface area contributed by atoms with E-state index in [4.69, 9.17) is 4.74 Å². The average Bonchev–Trinajstić information content (AvgIpc) is 2.52. The van der Waals surface area contributed by atoms with Crippen molar-refractivity contribution in [1.29, 1.82) is 0 Å². The molecule has 0 bridgehead atoms. The first kappa shape index (κ1) is 12.0. The van der Waals surface area contributed by atoms with Gasteiger partial charge in [0.2, 0.25) is 0 Å². The zero-order chi connectivity index (χ0) is 10.6. The summed E-state index contributed by atoms with van der Waals surface area (Å²) in [6.07, 6.45) is 1.74. The molecule has 1 rings (SSSR count). The lowest BCUT2D eigenvalue weighted by Crippen LogP contribution is -2.28. The van der Waals surface area contributed by atoms with Crippen molar-refractivity contribution in [2.45, 2.75) is 45.3 Å². The molecule has 2 unspecified atom stereocenters. The number of aliphatic hydroxyl groups excluding tert-OH is 1. The minimum Gasteiger partial charge on any atom is -0.391 e. The zero-order valence-electron chi connectivity index (χ0n) is 9.55. The smallest absolute Gasteiger partial charge is 0.0777 e. The molecule has 3 heteroatoms. The summed E-state index contributed by atoms with van der Waals surface area (Å²) in [5.41, 5.74) is -0.144. The highest BCUT2D eigenvalue weighted by Gasteiger charge is 2.20. The Bertz CT molecular complexity index is 159. The Morgan fingerprint density at radius 1 is 1.50 bits per heavy atom. The average molecular weight is 201 g/mol. The molecule has 0 amide bonds. The van der Waals surface area contributed by atoms with Crippen LogP contribution in [-0.2, 0) is 4.74 Å². The topological polar surface area (TPSA) is 41.5 Å². The van der Waals surface area contributed by atoms with Gasteiger partial charge in [0, 0.05) is 0 Å². The molecule has 2 N–H and O–H groups in total. The van der Waals surface area contributed by atoms with Gasteiger partial charge < -0.3 is 15.2 Å². The predicted molar refractivity (Wildman–Crippen MR) is 57.3 cm³/mol. The van der Waals surface area contributed by atoms with Crippen LogP contribution in [0.25, 0.3) is 0 Å². The molecule has 2 atom stereocenters. The van der Waals surface area contributed by atoms with Crippen LogP contribution in [0.5, 0.6) is 0 Å². The maximum absolute atomic E-state index is 9.72. The van der Waals surface area contributed by atoms with Crippen LogP contribution in [0.2, 0.25) is 0 Å². The Morgan fingerprint density at radius 3 is 2.71 bits per heavy atom. The van der Waals surface area contributed by atoms with Crippen molar-refractivity contribution in [2.24, 2.45) is 5.92 Å². The van der Waals surface area contributed by atoms with Crippen molar-refractivity contribution in [3.63, 3.8) is 0 Å². The number of hydrogen-bond acceptors (Lipinski definition) is 3. The summed E-state index contributed by atoms with van der Waals surface area (Å²) in [6.45, 7) is 8.63. The molecule has 0 radical (unpaired) electrons. The molecule has 0 aliphatic carbocycles. The molecule has 84 valence electrons. The first-order valence-electron chi connectivity index (χ1n) is 5.50. The van der Waals surface area contributed by atoms with E-state index in [1.165, 1.54) is 6.42 Å². The monoisotopic (exact) mass is 201 g/mol. The molecular weight excluding hydrogens is 178 g/mol. The highest BCUT2D eigenvalue weighted by molar-refractivity contribution is 4.74. The molecule has 0 aromatic carbocycles. The summed E-state index contributed by atoms with van der Waals surface area (Å²) in [7, 11) is 0. The van der Waals surface area contributed by atoms with E-state index in [-0.39, 0.29) is 11.7 Å². The minimum atomic E-state index is -0.306. The number of aliphatic hydroxyl groups is 1. The number of ether oxygens (including phenoxy) is 1. The van der Waals surface area contributed by atoms with E-state index < -0.39 is 0 Å².